The summed E-state index contributed by atoms with van der Waals surface area (Å²) in [5.74, 6) is 1.33. The molecule has 2 rings (SSSR count). The van der Waals surface area contributed by atoms with E-state index in [-0.39, 0.29) is 11.5 Å². The SMILES string of the molecule is CCS(=O)(=O)CCCn1ccnc1-c1cccc(I)c1. The van der Waals surface area contributed by atoms with Crippen molar-refractivity contribution in [2.24, 2.45) is 0 Å². The number of nitrogens with zero attached hydrogens (tertiary/aromatic N) is 2. The molecule has 0 aliphatic heterocycles. The number of hydrogen-bond donors (Lipinski definition) is 0. The van der Waals surface area contributed by atoms with Gasteiger partial charge in [0.05, 0.1) is 5.75 Å². The molecule has 0 aliphatic carbocycles. The Morgan fingerprint density at radius 3 is 2.85 bits per heavy atom. The molecule has 6 heteroatoms. The van der Waals surface area contributed by atoms with Crippen LogP contribution in [0.3, 0.4) is 0 Å². The summed E-state index contributed by atoms with van der Waals surface area (Å²) < 4.78 is 26.2. The van der Waals surface area contributed by atoms with Crippen LogP contribution in [0.15, 0.2) is 36.7 Å². The highest BCUT2D eigenvalue weighted by Crippen LogP contribution is 2.20. The summed E-state index contributed by atoms with van der Waals surface area (Å²) in [5.41, 5.74) is 1.06. The Labute approximate surface area is 133 Å². The van der Waals surface area contributed by atoms with Crippen LogP contribution in [0.2, 0.25) is 0 Å². The first-order chi connectivity index (χ1) is 9.52. The molecule has 108 valence electrons. The smallest absolute Gasteiger partial charge is 0.150 e. The van der Waals surface area contributed by atoms with Gasteiger partial charge in [-0.2, -0.15) is 0 Å². The van der Waals surface area contributed by atoms with E-state index < -0.39 is 9.84 Å². The van der Waals surface area contributed by atoms with E-state index in [0.29, 0.717) is 13.0 Å². The van der Waals surface area contributed by atoms with Gasteiger partial charge in [0.15, 0.2) is 0 Å². The molecule has 1 aromatic heterocycles. The standard InChI is InChI=1S/C14H17IN2O2S/c1-2-20(18,19)10-4-8-17-9-7-16-14(17)12-5-3-6-13(15)11-12/h3,5-7,9,11H,2,4,8,10H2,1H3. The predicted octanol–water partition coefficient (Wildman–Crippen LogP) is 2.98. The van der Waals surface area contributed by atoms with Crippen molar-refractivity contribution in [3.63, 3.8) is 0 Å². The molecule has 20 heavy (non-hydrogen) atoms. The summed E-state index contributed by atoms with van der Waals surface area (Å²) in [6.45, 7) is 2.35. The molecule has 1 aromatic carbocycles. The number of aryl methyl sites for hydroxylation is 1. The summed E-state index contributed by atoms with van der Waals surface area (Å²) in [7, 11) is -2.89. The van der Waals surface area contributed by atoms with Gasteiger partial charge in [0, 0.05) is 33.8 Å². The van der Waals surface area contributed by atoms with E-state index in [4.69, 9.17) is 0 Å². The van der Waals surface area contributed by atoms with Crippen molar-refractivity contribution in [1.29, 1.82) is 0 Å². The summed E-state index contributed by atoms with van der Waals surface area (Å²) in [4.78, 5) is 4.37. The summed E-state index contributed by atoms with van der Waals surface area (Å²) in [5, 5.41) is 0. The van der Waals surface area contributed by atoms with Crippen molar-refractivity contribution in [3.05, 3.63) is 40.2 Å². The van der Waals surface area contributed by atoms with Gasteiger partial charge in [0.1, 0.15) is 15.7 Å². The molecule has 4 nitrogen and oxygen atoms in total. The Balaban J connectivity index is 2.10. The third-order valence-corrected chi connectivity index (χ3v) is 5.55. The maximum absolute atomic E-state index is 11.5. The van der Waals surface area contributed by atoms with Gasteiger partial charge in [-0.15, -0.1) is 0 Å². The number of halogens is 1. The molecular weight excluding hydrogens is 387 g/mol. The Morgan fingerprint density at radius 1 is 1.35 bits per heavy atom. The summed E-state index contributed by atoms with van der Waals surface area (Å²) >= 11 is 2.27. The molecule has 0 radical (unpaired) electrons. The van der Waals surface area contributed by atoms with Crippen LogP contribution in [0.4, 0.5) is 0 Å². The number of sulfone groups is 1. The fourth-order valence-electron chi connectivity index (χ4n) is 1.98. The quantitative estimate of drug-likeness (QED) is 0.696. The number of imidazole rings is 1. The second-order valence-electron chi connectivity index (χ2n) is 4.54. The Hall–Kier alpha value is -0.890. The number of aromatic nitrogens is 2. The number of benzene rings is 1. The average Bonchev–Trinajstić information content (AvgIpc) is 2.87. The van der Waals surface area contributed by atoms with Gasteiger partial charge in [0.2, 0.25) is 0 Å². The summed E-state index contributed by atoms with van der Waals surface area (Å²) in [6, 6.07) is 8.12. The van der Waals surface area contributed by atoms with E-state index in [1.54, 1.807) is 13.1 Å². The van der Waals surface area contributed by atoms with E-state index in [1.165, 1.54) is 0 Å². The minimum absolute atomic E-state index is 0.209. The second-order valence-corrected chi connectivity index (χ2v) is 8.26. The van der Waals surface area contributed by atoms with E-state index in [9.17, 15) is 8.42 Å². The molecule has 0 saturated heterocycles. The van der Waals surface area contributed by atoms with Gasteiger partial charge in [-0.3, -0.25) is 0 Å². The molecule has 0 atom stereocenters. The lowest BCUT2D eigenvalue weighted by atomic mass is 10.2. The fourth-order valence-corrected chi connectivity index (χ4v) is 3.38. The zero-order valence-corrected chi connectivity index (χ0v) is 14.3. The third-order valence-electron chi connectivity index (χ3n) is 3.09. The van der Waals surface area contributed by atoms with E-state index in [2.05, 4.69) is 33.6 Å². The molecule has 0 aliphatic rings. The highest BCUT2D eigenvalue weighted by molar-refractivity contribution is 14.1. The average molecular weight is 404 g/mol. The molecule has 0 unspecified atom stereocenters. The van der Waals surface area contributed by atoms with Gasteiger partial charge in [0.25, 0.3) is 0 Å². The van der Waals surface area contributed by atoms with Crippen LogP contribution >= 0.6 is 22.6 Å². The van der Waals surface area contributed by atoms with Gasteiger partial charge in [-0.05, 0) is 41.1 Å². The van der Waals surface area contributed by atoms with Crippen LogP contribution in [0.5, 0.6) is 0 Å². The van der Waals surface area contributed by atoms with Crippen molar-refractivity contribution >= 4 is 32.4 Å². The Morgan fingerprint density at radius 2 is 2.15 bits per heavy atom. The lowest BCUT2D eigenvalue weighted by Crippen LogP contribution is -2.11. The third kappa shape index (κ3) is 4.05. The number of hydrogen-bond acceptors (Lipinski definition) is 3. The van der Waals surface area contributed by atoms with Crippen molar-refractivity contribution in [2.75, 3.05) is 11.5 Å². The molecule has 0 fully saturated rings. The van der Waals surface area contributed by atoms with Gasteiger partial charge >= 0.3 is 0 Å². The first-order valence-corrected chi connectivity index (χ1v) is 9.39. The van der Waals surface area contributed by atoms with Crippen LogP contribution in [0, 0.1) is 3.57 Å². The van der Waals surface area contributed by atoms with Gasteiger partial charge < -0.3 is 4.57 Å². The van der Waals surface area contributed by atoms with Crippen LogP contribution in [0.1, 0.15) is 13.3 Å². The normalized spacial score (nSPS) is 11.7. The molecule has 0 bridgehead atoms. The monoisotopic (exact) mass is 404 g/mol. The highest BCUT2D eigenvalue weighted by atomic mass is 127. The zero-order chi connectivity index (χ0) is 14.6. The molecule has 0 N–H and O–H groups in total. The molecule has 0 saturated carbocycles. The lowest BCUT2D eigenvalue weighted by molar-refractivity contribution is 0.588. The van der Waals surface area contributed by atoms with Crippen molar-refractivity contribution in [2.45, 2.75) is 19.9 Å². The van der Waals surface area contributed by atoms with Crippen LogP contribution in [-0.4, -0.2) is 29.5 Å². The van der Waals surface area contributed by atoms with Crippen molar-refractivity contribution in [1.82, 2.24) is 9.55 Å². The summed E-state index contributed by atoms with van der Waals surface area (Å²) in [6.07, 6.45) is 4.26. The Kier molecular flexibility index (Phi) is 5.20. The number of rotatable bonds is 6. The van der Waals surface area contributed by atoms with Crippen LogP contribution < -0.4 is 0 Å². The predicted molar refractivity (Wildman–Crippen MR) is 89.3 cm³/mol. The van der Waals surface area contributed by atoms with Gasteiger partial charge in [-0.25, -0.2) is 13.4 Å². The zero-order valence-electron chi connectivity index (χ0n) is 11.3. The maximum atomic E-state index is 11.5. The van der Waals surface area contributed by atoms with Crippen molar-refractivity contribution < 1.29 is 8.42 Å². The first-order valence-electron chi connectivity index (χ1n) is 6.49. The van der Waals surface area contributed by atoms with Gasteiger partial charge in [-0.1, -0.05) is 19.1 Å². The van der Waals surface area contributed by atoms with Crippen molar-refractivity contribution in [3.8, 4) is 11.4 Å². The highest BCUT2D eigenvalue weighted by Gasteiger charge is 2.09. The van der Waals surface area contributed by atoms with E-state index in [1.807, 2.05) is 29.0 Å². The van der Waals surface area contributed by atoms with Crippen LogP contribution in [0.25, 0.3) is 11.4 Å². The molecule has 0 spiro atoms. The molecular formula is C14H17IN2O2S. The minimum atomic E-state index is -2.89. The maximum Gasteiger partial charge on any atom is 0.150 e. The van der Waals surface area contributed by atoms with E-state index in [0.717, 1.165) is 15.0 Å². The fraction of sp³-hybridized carbons (Fsp3) is 0.357. The minimum Gasteiger partial charge on any atom is -0.331 e. The largest absolute Gasteiger partial charge is 0.331 e. The van der Waals surface area contributed by atoms with E-state index >= 15 is 0 Å². The Bertz CT molecular complexity index is 680. The lowest BCUT2D eigenvalue weighted by Gasteiger charge is -2.08. The molecule has 1 heterocycles. The van der Waals surface area contributed by atoms with Crippen LogP contribution in [-0.2, 0) is 16.4 Å². The second kappa shape index (κ2) is 6.71. The molecule has 2 aromatic rings. The first kappa shape index (κ1) is 15.5. The topological polar surface area (TPSA) is 52.0 Å². The molecule has 0 amide bonds.